The molecule has 0 aliphatic carbocycles. The van der Waals surface area contributed by atoms with Crippen molar-refractivity contribution >= 4 is 28.5 Å². The summed E-state index contributed by atoms with van der Waals surface area (Å²) in [7, 11) is 1.20. The van der Waals surface area contributed by atoms with Crippen molar-refractivity contribution in [1.82, 2.24) is 0 Å². The van der Waals surface area contributed by atoms with E-state index in [4.69, 9.17) is 4.42 Å². The van der Waals surface area contributed by atoms with Gasteiger partial charge in [-0.15, -0.1) is 0 Å². The number of nitrogens with one attached hydrogen (secondary N) is 1. The summed E-state index contributed by atoms with van der Waals surface area (Å²) in [5.74, 6) is -1.18. The maximum atomic E-state index is 12.6. The van der Waals surface area contributed by atoms with Gasteiger partial charge in [0.05, 0.1) is 18.2 Å². The van der Waals surface area contributed by atoms with Crippen LogP contribution in [0.25, 0.3) is 22.3 Å². The number of aryl methyl sites for hydroxylation is 1. The normalized spacial score (nSPS) is 10.7. The van der Waals surface area contributed by atoms with Gasteiger partial charge >= 0.3 is 5.97 Å². The lowest BCUT2D eigenvalue weighted by atomic mass is 10.1. The van der Waals surface area contributed by atoms with Gasteiger partial charge in [0.25, 0.3) is 5.91 Å². The minimum atomic E-state index is -0.713. The van der Waals surface area contributed by atoms with Gasteiger partial charge in [0, 0.05) is 17.2 Å². The summed E-state index contributed by atoms with van der Waals surface area (Å²) in [6.07, 6.45) is 0. The van der Waals surface area contributed by atoms with Gasteiger partial charge in [0.1, 0.15) is 16.9 Å². The molecule has 1 heterocycles. The van der Waals surface area contributed by atoms with Gasteiger partial charge in [-0.25, -0.2) is 4.79 Å². The number of hydrogen-bond acceptors (Lipinski definition) is 6. The highest BCUT2D eigenvalue weighted by Crippen LogP contribution is 2.29. The maximum Gasteiger partial charge on any atom is 0.341 e. The summed E-state index contributed by atoms with van der Waals surface area (Å²) in [5.41, 5.74) is 2.29. The predicted molar refractivity (Wildman–Crippen MR) is 120 cm³/mol. The summed E-state index contributed by atoms with van der Waals surface area (Å²) in [4.78, 5) is 36.8. The van der Waals surface area contributed by atoms with Crippen molar-refractivity contribution in [1.29, 1.82) is 0 Å². The number of aromatic hydroxyl groups is 1. The fourth-order valence-corrected chi connectivity index (χ4v) is 3.31. The van der Waals surface area contributed by atoms with Crippen LogP contribution in [0.1, 0.15) is 26.3 Å². The molecule has 7 heteroatoms. The Morgan fingerprint density at radius 1 is 1.00 bits per heavy atom. The molecule has 0 fully saturated rings. The molecule has 0 atom stereocenters. The largest absolute Gasteiger partial charge is 0.505 e. The average Bonchev–Trinajstić information content (AvgIpc) is 2.80. The Hall–Kier alpha value is -4.39. The Morgan fingerprint density at radius 2 is 1.75 bits per heavy atom. The molecule has 0 bridgehead atoms. The number of hydrogen-bond donors (Lipinski definition) is 2. The number of phenolic OH excluding ortho intramolecular Hbond substituents is 1. The van der Waals surface area contributed by atoms with E-state index in [9.17, 15) is 19.5 Å². The van der Waals surface area contributed by atoms with Gasteiger partial charge < -0.3 is 19.6 Å². The first-order valence-corrected chi connectivity index (χ1v) is 9.74. The van der Waals surface area contributed by atoms with Gasteiger partial charge in [-0.1, -0.05) is 29.8 Å². The van der Waals surface area contributed by atoms with Gasteiger partial charge in [0.2, 0.25) is 0 Å². The molecule has 0 saturated heterocycles. The summed E-state index contributed by atoms with van der Waals surface area (Å²) in [6.45, 7) is 1.90. The maximum absolute atomic E-state index is 12.6. The van der Waals surface area contributed by atoms with E-state index >= 15 is 0 Å². The van der Waals surface area contributed by atoms with Gasteiger partial charge in [0.15, 0.2) is 11.2 Å². The Morgan fingerprint density at radius 3 is 2.47 bits per heavy atom. The highest BCUT2D eigenvalue weighted by atomic mass is 16.5. The molecule has 0 unspecified atom stereocenters. The third-order valence-electron chi connectivity index (χ3n) is 5.00. The standard InChI is InChI=1S/C25H19NO6/c1-14-6-11-21-18(12-14)20(27)13-22(32-21)15-7-9-16(10-8-15)24(29)26-19-5-3-4-17(23(19)28)25(30)31-2/h3-13,28H,1-2H3,(H,26,29). The number of para-hydroxylation sites is 1. The number of benzene rings is 3. The van der Waals surface area contributed by atoms with E-state index in [2.05, 4.69) is 10.1 Å². The van der Waals surface area contributed by atoms with Crippen LogP contribution in [-0.4, -0.2) is 24.1 Å². The Balaban J connectivity index is 1.59. The molecular weight excluding hydrogens is 410 g/mol. The van der Waals surface area contributed by atoms with E-state index in [1.54, 1.807) is 36.4 Å². The third kappa shape index (κ3) is 3.96. The topological polar surface area (TPSA) is 106 Å². The highest BCUT2D eigenvalue weighted by molar-refractivity contribution is 6.06. The van der Waals surface area contributed by atoms with Crippen LogP contribution in [0.2, 0.25) is 0 Å². The van der Waals surface area contributed by atoms with Gasteiger partial charge in [-0.2, -0.15) is 0 Å². The average molecular weight is 429 g/mol. The number of esters is 1. The van der Waals surface area contributed by atoms with Crippen LogP contribution in [0.5, 0.6) is 5.75 Å². The molecule has 1 aromatic heterocycles. The van der Waals surface area contributed by atoms with Crippen LogP contribution < -0.4 is 10.7 Å². The lowest BCUT2D eigenvalue weighted by Gasteiger charge is -2.10. The molecule has 3 aromatic carbocycles. The van der Waals surface area contributed by atoms with Crippen molar-refractivity contribution < 1.29 is 23.8 Å². The molecule has 32 heavy (non-hydrogen) atoms. The minimum absolute atomic E-state index is 0.0535. The summed E-state index contributed by atoms with van der Waals surface area (Å²) in [5, 5.41) is 13.3. The van der Waals surface area contributed by atoms with E-state index in [0.29, 0.717) is 27.9 Å². The Labute approximate surface area is 182 Å². The van der Waals surface area contributed by atoms with Crippen LogP contribution in [0.4, 0.5) is 5.69 Å². The third-order valence-corrected chi connectivity index (χ3v) is 5.00. The zero-order chi connectivity index (χ0) is 22.8. The first-order chi connectivity index (χ1) is 15.4. The molecule has 0 aliphatic rings. The monoisotopic (exact) mass is 429 g/mol. The van der Waals surface area contributed by atoms with Crippen LogP contribution in [0.3, 0.4) is 0 Å². The van der Waals surface area contributed by atoms with Crippen molar-refractivity contribution in [3.8, 4) is 17.1 Å². The van der Waals surface area contributed by atoms with Crippen molar-refractivity contribution in [2.24, 2.45) is 0 Å². The first kappa shape index (κ1) is 20.9. The molecular formula is C25H19NO6. The summed E-state index contributed by atoms with van der Waals surface area (Å²) >= 11 is 0. The van der Waals surface area contributed by atoms with Gasteiger partial charge in [-0.05, 0) is 43.3 Å². The molecule has 4 rings (SSSR count). The van der Waals surface area contributed by atoms with E-state index in [-0.39, 0.29) is 22.4 Å². The Bertz CT molecular complexity index is 1400. The number of phenols is 1. The lowest BCUT2D eigenvalue weighted by molar-refractivity contribution is 0.0597. The van der Waals surface area contributed by atoms with Crippen molar-refractivity contribution in [3.05, 3.63) is 93.6 Å². The number of fused-ring (bicyclic) bond motifs is 1. The molecule has 1 amide bonds. The quantitative estimate of drug-likeness (QED) is 0.365. The van der Waals surface area contributed by atoms with E-state index in [1.165, 1.54) is 31.4 Å². The predicted octanol–water partition coefficient (Wildman–Crippen LogP) is 4.51. The van der Waals surface area contributed by atoms with Crippen molar-refractivity contribution in [2.75, 3.05) is 12.4 Å². The van der Waals surface area contributed by atoms with E-state index in [1.807, 2.05) is 13.0 Å². The molecule has 7 nitrogen and oxygen atoms in total. The van der Waals surface area contributed by atoms with Crippen LogP contribution in [-0.2, 0) is 4.74 Å². The summed E-state index contributed by atoms with van der Waals surface area (Å²) < 4.78 is 10.5. The first-order valence-electron chi connectivity index (χ1n) is 9.74. The number of rotatable bonds is 4. The molecule has 0 aliphatic heterocycles. The number of ether oxygens (including phenoxy) is 1. The number of amides is 1. The minimum Gasteiger partial charge on any atom is -0.505 e. The number of carbonyl (C=O) groups excluding carboxylic acids is 2. The molecule has 160 valence electrons. The SMILES string of the molecule is COC(=O)c1cccc(NC(=O)c2ccc(-c3cc(=O)c4cc(C)ccc4o3)cc2)c1O. The van der Waals surface area contributed by atoms with Crippen molar-refractivity contribution in [3.63, 3.8) is 0 Å². The fourth-order valence-electron chi connectivity index (χ4n) is 3.31. The second-order valence-corrected chi connectivity index (χ2v) is 7.20. The molecule has 0 saturated carbocycles. The number of methoxy groups -OCH3 is 1. The molecule has 4 aromatic rings. The van der Waals surface area contributed by atoms with Crippen LogP contribution >= 0.6 is 0 Å². The second-order valence-electron chi connectivity index (χ2n) is 7.20. The molecule has 0 radical (unpaired) electrons. The number of anilines is 1. The smallest absolute Gasteiger partial charge is 0.341 e. The van der Waals surface area contributed by atoms with E-state index < -0.39 is 11.9 Å². The molecule has 0 spiro atoms. The highest BCUT2D eigenvalue weighted by Gasteiger charge is 2.17. The van der Waals surface area contributed by atoms with Crippen LogP contribution in [0, 0.1) is 6.92 Å². The summed E-state index contributed by atoms with van der Waals surface area (Å²) in [6, 6.07) is 17.7. The van der Waals surface area contributed by atoms with Crippen LogP contribution in [0.15, 0.2) is 75.9 Å². The molecule has 2 N–H and O–H groups in total. The van der Waals surface area contributed by atoms with Gasteiger partial charge in [-0.3, -0.25) is 9.59 Å². The zero-order valence-electron chi connectivity index (χ0n) is 17.3. The van der Waals surface area contributed by atoms with Crippen molar-refractivity contribution in [2.45, 2.75) is 6.92 Å². The fraction of sp³-hybridized carbons (Fsp3) is 0.0800. The second kappa shape index (κ2) is 8.39. The lowest BCUT2D eigenvalue weighted by Crippen LogP contribution is -2.13. The van der Waals surface area contributed by atoms with E-state index in [0.717, 1.165) is 5.56 Å². The zero-order valence-corrected chi connectivity index (χ0v) is 17.3. The Kier molecular flexibility index (Phi) is 5.47. The number of carbonyl (C=O) groups is 2.